The molecule has 1 saturated heterocycles. The van der Waals surface area contributed by atoms with Crippen molar-refractivity contribution in [2.75, 3.05) is 18.4 Å². The van der Waals surface area contributed by atoms with Gasteiger partial charge in [-0.3, -0.25) is 4.79 Å². The third-order valence-corrected chi connectivity index (χ3v) is 6.20. The number of anilines is 1. The number of carbonyl (C=O) groups excluding carboxylic acids is 1. The number of piperidine rings is 1. The van der Waals surface area contributed by atoms with Crippen molar-refractivity contribution < 1.29 is 9.53 Å². The van der Waals surface area contributed by atoms with Gasteiger partial charge in [-0.05, 0) is 81.6 Å². The van der Waals surface area contributed by atoms with Crippen LogP contribution in [0.4, 0.5) is 5.69 Å². The van der Waals surface area contributed by atoms with E-state index in [1.807, 2.05) is 12.1 Å². The highest BCUT2D eigenvalue weighted by Gasteiger charge is 2.57. The van der Waals surface area contributed by atoms with Crippen LogP contribution in [0.25, 0.3) is 0 Å². The lowest BCUT2D eigenvalue weighted by Gasteiger charge is -2.23. The van der Waals surface area contributed by atoms with Crippen LogP contribution in [0, 0.1) is 11.3 Å². The number of carbonyl (C=O) groups is 1. The molecule has 0 bridgehead atoms. The number of benzene rings is 1. The number of halogens is 1. The molecule has 0 radical (unpaired) electrons. The van der Waals surface area contributed by atoms with Gasteiger partial charge >= 0.3 is 0 Å². The standard InChI is InChI=1S/C19H25ClN2O2/c20-16-11-13(5-6-17(16)24-14-3-1-2-4-14)22-18(23)15-12-19(15)7-9-21-10-8-19/h5-6,11,14-15,21H,1-4,7-10,12H2,(H,22,23). The van der Waals surface area contributed by atoms with Gasteiger partial charge < -0.3 is 15.4 Å². The fourth-order valence-corrected chi connectivity index (χ4v) is 4.51. The molecular weight excluding hydrogens is 324 g/mol. The summed E-state index contributed by atoms with van der Waals surface area (Å²) in [4.78, 5) is 12.5. The van der Waals surface area contributed by atoms with Gasteiger partial charge in [-0.15, -0.1) is 0 Å². The van der Waals surface area contributed by atoms with Crippen molar-refractivity contribution in [1.82, 2.24) is 5.32 Å². The molecule has 1 amide bonds. The Morgan fingerprint density at radius 3 is 2.71 bits per heavy atom. The van der Waals surface area contributed by atoms with Crippen molar-refractivity contribution in [1.29, 1.82) is 0 Å². The second-order valence-electron chi connectivity index (χ2n) is 7.53. The van der Waals surface area contributed by atoms with Gasteiger partial charge in [-0.1, -0.05) is 11.6 Å². The highest BCUT2D eigenvalue weighted by Crippen LogP contribution is 2.58. The van der Waals surface area contributed by atoms with Crippen molar-refractivity contribution in [2.45, 2.75) is 51.0 Å². The fourth-order valence-electron chi connectivity index (χ4n) is 4.28. The Hall–Kier alpha value is -1.26. The van der Waals surface area contributed by atoms with Crippen LogP contribution in [-0.2, 0) is 4.79 Å². The van der Waals surface area contributed by atoms with Gasteiger partial charge in [0.2, 0.25) is 5.91 Å². The molecule has 24 heavy (non-hydrogen) atoms. The van der Waals surface area contributed by atoms with Gasteiger partial charge in [0.15, 0.2) is 0 Å². The van der Waals surface area contributed by atoms with Gasteiger partial charge in [-0.2, -0.15) is 0 Å². The van der Waals surface area contributed by atoms with E-state index in [-0.39, 0.29) is 23.3 Å². The minimum atomic E-state index is 0.137. The zero-order chi connectivity index (χ0) is 16.6. The molecule has 1 heterocycles. The van der Waals surface area contributed by atoms with Gasteiger partial charge in [0.05, 0.1) is 11.1 Å². The summed E-state index contributed by atoms with van der Waals surface area (Å²) in [7, 11) is 0. The molecule has 4 nitrogen and oxygen atoms in total. The molecule has 2 aliphatic carbocycles. The van der Waals surface area contributed by atoms with E-state index in [0.717, 1.165) is 56.6 Å². The first-order valence-electron chi connectivity index (χ1n) is 9.14. The third-order valence-electron chi connectivity index (χ3n) is 5.90. The van der Waals surface area contributed by atoms with Crippen LogP contribution in [0.3, 0.4) is 0 Å². The molecule has 1 spiro atoms. The minimum absolute atomic E-state index is 0.137. The quantitative estimate of drug-likeness (QED) is 0.865. The van der Waals surface area contributed by atoms with Crippen LogP contribution in [0.15, 0.2) is 18.2 Å². The van der Waals surface area contributed by atoms with Gasteiger partial charge in [-0.25, -0.2) is 0 Å². The Labute approximate surface area is 148 Å². The van der Waals surface area contributed by atoms with Crippen molar-refractivity contribution in [3.63, 3.8) is 0 Å². The summed E-state index contributed by atoms with van der Waals surface area (Å²) in [5, 5.41) is 6.98. The van der Waals surface area contributed by atoms with E-state index in [1.54, 1.807) is 6.07 Å². The van der Waals surface area contributed by atoms with Crippen LogP contribution < -0.4 is 15.4 Å². The summed E-state index contributed by atoms with van der Waals surface area (Å²) >= 11 is 6.34. The lowest BCUT2D eigenvalue weighted by molar-refractivity contribution is -0.118. The highest BCUT2D eigenvalue weighted by molar-refractivity contribution is 6.32. The van der Waals surface area contributed by atoms with Crippen molar-refractivity contribution in [3.05, 3.63) is 23.2 Å². The molecule has 1 aromatic carbocycles. The number of hydrogen-bond donors (Lipinski definition) is 2. The molecule has 3 aliphatic rings. The van der Waals surface area contributed by atoms with E-state index in [9.17, 15) is 4.79 Å². The second kappa shape index (κ2) is 6.57. The maximum Gasteiger partial charge on any atom is 0.228 e. The summed E-state index contributed by atoms with van der Waals surface area (Å²) in [6.45, 7) is 2.06. The normalized spacial score (nSPS) is 25.6. The second-order valence-corrected chi connectivity index (χ2v) is 7.94. The van der Waals surface area contributed by atoms with E-state index < -0.39 is 0 Å². The third kappa shape index (κ3) is 3.27. The van der Waals surface area contributed by atoms with Gasteiger partial charge in [0.1, 0.15) is 5.75 Å². The van der Waals surface area contributed by atoms with E-state index in [0.29, 0.717) is 5.02 Å². The summed E-state index contributed by atoms with van der Waals surface area (Å²) in [6, 6.07) is 5.58. The van der Waals surface area contributed by atoms with Crippen molar-refractivity contribution in [2.24, 2.45) is 11.3 Å². The Bertz CT molecular complexity index is 622. The molecule has 4 rings (SSSR count). The number of rotatable bonds is 4. The average Bonchev–Trinajstić information content (AvgIpc) is 3.03. The molecule has 2 saturated carbocycles. The molecule has 2 N–H and O–H groups in total. The maximum atomic E-state index is 12.5. The summed E-state index contributed by atoms with van der Waals surface area (Å²) in [5.41, 5.74) is 1.02. The van der Waals surface area contributed by atoms with E-state index in [1.165, 1.54) is 12.8 Å². The minimum Gasteiger partial charge on any atom is -0.489 e. The van der Waals surface area contributed by atoms with Gasteiger partial charge in [0.25, 0.3) is 0 Å². The van der Waals surface area contributed by atoms with Crippen LogP contribution in [0.2, 0.25) is 5.02 Å². The SMILES string of the molecule is O=C(Nc1ccc(OC2CCCC2)c(Cl)c1)C1CC12CCNCC2. The number of hydrogen-bond acceptors (Lipinski definition) is 3. The summed E-state index contributed by atoms with van der Waals surface area (Å²) < 4.78 is 5.96. The number of amides is 1. The Morgan fingerprint density at radius 1 is 1.25 bits per heavy atom. The first-order valence-corrected chi connectivity index (χ1v) is 9.52. The van der Waals surface area contributed by atoms with Crippen LogP contribution >= 0.6 is 11.6 Å². The first-order chi connectivity index (χ1) is 11.7. The first kappa shape index (κ1) is 16.2. The molecule has 1 atom stereocenters. The van der Waals surface area contributed by atoms with Crippen LogP contribution in [0.5, 0.6) is 5.75 Å². The number of ether oxygens (including phenoxy) is 1. The molecule has 5 heteroatoms. The fraction of sp³-hybridized carbons (Fsp3) is 0.632. The molecule has 0 aromatic heterocycles. The molecule has 130 valence electrons. The van der Waals surface area contributed by atoms with Crippen LogP contribution in [-0.4, -0.2) is 25.1 Å². The topological polar surface area (TPSA) is 50.4 Å². The van der Waals surface area contributed by atoms with E-state index in [2.05, 4.69) is 10.6 Å². The average molecular weight is 349 g/mol. The smallest absolute Gasteiger partial charge is 0.228 e. The Balaban J connectivity index is 1.36. The molecule has 1 unspecified atom stereocenters. The molecule has 1 aromatic rings. The lowest BCUT2D eigenvalue weighted by atomic mass is 9.92. The molecule has 1 aliphatic heterocycles. The van der Waals surface area contributed by atoms with Crippen molar-refractivity contribution in [3.8, 4) is 5.75 Å². The predicted molar refractivity (Wildman–Crippen MR) is 95.6 cm³/mol. The monoisotopic (exact) mass is 348 g/mol. The maximum absolute atomic E-state index is 12.5. The summed E-state index contributed by atoms with van der Waals surface area (Å²) in [6.07, 6.45) is 8.21. The largest absolute Gasteiger partial charge is 0.489 e. The van der Waals surface area contributed by atoms with E-state index in [4.69, 9.17) is 16.3 Å². The molecular formula is C19H25ClN2O2. The Kier molecular flexibility index (Phi) is 4.44. The Morgan fingerprint density at radius 2 is 2.00 bits per heavy atom. The van der Waals surface area contributed by atoms with Crippen LogP contribution in [0.1, 0.15) is 44.9 Å². The van der Waals surface area contributed by atoms with E-state index >= 15 is 0 Å². The zero-order valence-corrected chi connectivity index (χ0v) is 14.7. The highest BCUT2D eigenvalue weighted by atomic mass is 35.5. The van der Waals surface area contributed by atoms with Crippen molar-refractivity contribution >= 4 is 23.2 Å². The summed E-state index contributed by atoms with van der Waals surface area (Å²) in [5.74, 6) is 1.02. The molecule has 3 fully saturated rings. The lowest BCUT2D eigenvalue weighted by Crippen LogP contribution is -2.31. The zero-order valence-electron chi connectivity index (χ0n) is 13.9. The predicted octanol–water partition coefficient (Wildman–Crippen LogP) is 3.99. The number of nitrogens with one attached hydrogen (secondary N) is 2. The van der Waals surface area contributed by atoms with Gasteiger partial charge in [0, 0.05) is 11.6 Å².